The van der Waals surface area contributed by atoms with Gasteiger partial charge in [0.25, 0.3) is 0 Å². The quantitative estimate of drug-likeness (QED) is 0.807. The number of pyridine rings is 1. The summed E-state index contributed by atoms with van der Waals surface area (Å²) in [5, 5.41) is 0. The third kappa shape index (κ3) is 3.14. The summed E-state index contributed by atoms with van der Waals surface area (Å²) in [4.78, 5) is 4.44. The first kappa shape index (κ1) is 13.6. The van der Waals surface area contributed by atoms with Crippen molar-refractivity contribution in [2.24, 2.45) is 0 Å². The predicted molar refractivity (Wildman–Crippen MR) is 79.6 cm³/mol. The van der Waals surface area contributed by atoms with Gasteiger partial charge >= 0.3 is 0 Å². The Morgan fingerprint density at radius 2 is 1.63 bits per heavy atom. The van der Waals surface area contributed by atoms with Crippen molar-refractivity contribution >= 4 is 0 Å². The van der Waals surface area contributed by atoms with Crippen molar-refractivity contribution in [3.63, 3.8) is 0 Å². The lowest BCUT2D eigenvalue weighted by molar-refractivity contribution is 0.239. The standard InChI is InChI=1S/C17H21NO/c1-11(2)19-17-13(4)9-15(10-14(17)5)16-8-12(3)6-7-18-16/h6-11H,1-5H3. The van der Waals surface area contributed by atoms with Crippen LogP contribution in [-0.4, -0.2) is 11.1 Å². The highest BCUT2D eigenvalue weighted by Gasteiger charge is 2.10. The number of hydrogen-bond acceptors (Lipinski definition) is 2. The van der Waals surface area contributed by atoms with Gasteiger partial charge in [-0.1, -0.05) is 0 Å². The third-order valence-electron chi connectivity index (χ3n) is 3.03. The first-order valence-electron chi connectivity index (χ1n) is 6.68. The van der Waals surface area contributed by atoms with Gasteiger partial charge in [-0.05, 0) is 75.6 Å². The Morgan fingerprint density at radius 1 is 1.00 bits per heavy atom. The second kappa shape index (κ2) is 5.43. The molecule has 0 amide bonds. The van der Waals surface area contributed by atoms with Gasteiger partial charge < -0.3 is 4.74 Å². The van der Waals surface area contributed by atoms with Crippen LogP contribution >= 0.6 is 0 Å². The molecular weight excluding hydrogens is 234 g/mol. The second-order valence-electron chi connectivity index (χ2n) is 5.32. The van der Waals surface area contributed by atoms with E-state index in [4.69, 9.17) is 4.74 Å². The molecule has 0 aliphatic rings. The largest absolute Gasteiger partial charge is 0.490 e. The molecule has 2 rings (SSSR count). The van der Waals surface area contributed by atoms with Crippen LogP contribution in [0.4, 0.5) is 0 Å². The van der Waals surface area contributed by atoms with Crippen LogP contribution in [0.25, 0.3) is 11.3 Å². The maximum Gasteiger partial charge on any atom is 0.125 e. The van der Waals surface area contributed by atoms with Crippen LogP contribution in [0.3, 0.4) is 0 Å². The van der Waals surface area contributed by atoms with E-state index in [1.54, 1.807) is 0 Å². The van der Waals surface area contributed by atoms with E-state index < -0.39 is 0 Å². The summed E-state index contributed by atoms with van der Waals surface area (Å²) in [6, 6.07) is 8.41. The van der Waals surface area contributed by atoms with E-state index in [-0.39, 0.29) is 6.10 Å². The van der Waals surface area contributed by atoms with Crippen LogP contribution in [0, 0.1) is 20.8 Å². The van der Waals surface area contributed by atoms with E-state index in [9.17, 15) is 0 Å². The normalized spacial score (nSPS) is 10.8. The summed E-state index contributed by atoms with van der Waals surface area (Å²) in [6.45, 7) is 10.4. The maximum absolute atomic E-state index is 5.87. The van der Waals surface area contributed by atoms with Crippen LogP contribution < -0.4 is 4.74 Å². The molecule has 1 aromatic heterocycles. The molecule has 100 valence electrons. The fourth-order valence-corrected chi connectivity index (χ4v) is 2.21. The number of aromatic nitrogens is 1. The first-order valence-corrected chi connectivity index (χ1v) is 6.68. The maximum atomic E-state index is 5.87. The lowest BCUT2D eigenvalue weighted by Gasteiger charge is -2.16. The van der Waals surface area contributed by atoms with Gasteiger partial charge in [0.15, 0.2) is 0 Å². The first-order chi connectivity index (χ1) is 8.97. The van der Waals surface area contributed by atoms with E-state index in [0.717, 1.165) is 28.1 Å². The van der Waals surface area contributed by atoms with Crippen LogP contribution in [0.5, 0.6) is 5.75 Å². The Kier molecular flexibility index (Phi) is 3.89. The van der Waals surface area contributed by atoms with Gasteiger partial charge in [-0.25, -0.2) is 0 Å². The predicted octanol–water partition coefficient (Wildman–Crippen LogP) is 4.46. The molecule has 0 radical (unpaired) electrons. The van der Waals surface area contributed by atoms with Gasteiger partial charge in [0.05, 0.1) is 11.8 Å². The second-order valence-corrected chi connectivity index (χ2v) is 5.32. The molecule has 0 unspecified atom stereocenters. The molecule has 1 aromatic carbocycles. The summed E-state index contributed by atoms with van der Waals surface area (Å²) in [6.07, 6.45) is 2.05. The molecule has 0 fully saturated rings. The smallest absolute Gasteiger partial charge is 0.125 e. The number of rotatable bonds is 3. The number of hydrogen-bond donors (Lipinski definition) is 0. The summed E-state index contributed by atoms with van der Waals surface area (Å²) in [7, 11) is 0. The van der Waals surface area contributed by atoms with Gasteiger partial charge in [0.2, 0.25) is 0 Å². The minimum Gasteiger partial charge on any atom is -0.490 e. The zero-order valence-electron chi connectivity index (χ0n) is 12.3. The number of nitrogens with zero attached hydrogens (tertiary/aromatic N) is 1. The van der Waals surface area contributed by atoms with Gasteiger partial charge in [0, 0.05) is 11.8 Å². The minimum atomic E-state index is 0.195. The molecule has 0 N–H and O–H groups in total. The van der Waals surface area contributed by atoms with Crippen molar-refractivity contribution in [3.8, 4) is 17.0 Å². The molecule has 0 aliphatic carbocycles. The molecule has 0 saturated heterocycles. The van der Waals surface area contributed by atoms with Gasteiger partial charge in [-0.3, -0.25) is 4.98 Å². The average molecular weight is 255 g/mol. The van der Waals surface area contributed by atoms with Crippen LogP contribution in [0.1, 0.15) is 30.5 Å². The fourth-order valence-electron chi connectivity index (χ4n) is 2.21. The Balaban J connectivity index is 2.45. The SMILES string of the molecule is Cc1ccnc(-c2cc(C)c(OC(C)C)c(C)c2)c1. The molecule has 2 nitrogen and oxygen atoms in total. The Bertz CT molecular complexity index is 565. The Morgan fingerprint density at radius 3 is 2.16 bits per heavy atom. The van der Waals surface area contributed by atoms with E-state index in [2.05, 4.69) is 57.8 Å². The molecular formula is C17H21NO. The monoisotopic (exact) mass is 255 g/mol. The van der Waals surface area contributed by atoms with Crippen molar-refractivity contribution in [1.29, 1.82) is 0 Å². The lowest BCUT2D eigenvalue weighted by Crippen LogP contribution is -2.08. The number of ether oxygens (including phenoxy) is 1. The van der Waals surface area contributed by atoms with Crippen molar-refractivity contribution < 1.29 is 4.74 Å². The highest BCUT2D eigenvalue weighted by atomic mass is 16.5. The molecule has 2 aromatic rings. The van der Waals surface area contributed by atoms with E-state index >= 15 is 0 Å². The van der Waals surface area contributed by atoms with Crippen LogP contribution in [-0.2, 0) is 0 Å². The summed E-state index contributed by atoms with van der Waals surface area (Å²) in [5.41, 5.74) is 5.71. The number of aryl methyl sites for hydroxylation is 3. The molecule has 0 atom stereocenters. The molecule has 0 spiro atoms. The third-order valence-corrected chi connectivity index (χ3v) is 3.03. The van der Waals surface area contributed by atoms with Crippen molar-refractivity contribution in [1.82, 2.24) is 4.98 Å². The Labute approximate surface area is 115 Å². The average Bonchev–Trinajstić information content (AvgIpc) is 2.33. The van der Waals surface area contributed by atoms with Crippen molar-refractivity contribution in [3.05, 3.63) is 47.2 Å². The lowest BCUT2D eigenvalue weighted by atomic mass is 10.0. The molecule has 19 heavy (non-hydrogen) atoms. The molecule has 0 aliphatic heterocycles. The molecule has 0 saturated carbocycles. The molecule has 0 bridgehead atoms. The summed E-state index contributed by atoms with van der Waals surface area (Å²) < 4.78 is 5.87. The molecule has 1 heterocycles. The van der Waals surface area contributed by atoms with E-state index in [0.29, 0.717) is 0 Å². The van der Waals surface area contributed by atoms with Crippen molar-refractivity contribution in [2.75, 3.05) is 0 Å². The van der Waals surface area contributed by atoms with E-state index in [1.165, 1.54) is 5.56 Å². The van der Waals surface area contributed by atoms with Crippen LogP contribution in [0.2, 0.25) is 0 Å². The van der Waals surface area contributed by atoms with E-state index in [1.807, 2.05) is 12.3 Å². The topological polar surface area (TPSA) is 22.1 Å². The van der Waals surface area contributed by atoms with Gasteiger partial charge in [-0.2, -0.15) is 0 Å². The van der Waals surface area contributed by atoms with Crippen LogP contribution in [0.15, 0.2) is 30.5 Å². The fraction of sp³-hybridized carbons (Fsp3) is 0.353. The zero-order valence-corrected chi connectivity index (χ0v) is 12.3. The summed E-state index contributed by atoms with van der Waals surface area (Å²) in [5.74, 6) is 0.992. The highest BCUT2D eigenvalue weighted by Crippen LogP contribution is 2.30. The summed E-state index contributed by atoms with van der Waals surface area (Å²) >= 11 is 0. The zero-order chi connectivity index (χ0) is 14.0. The Hall–Kier alpha value is -1.83. The van der Waals surface area contributed by atoms with Gasteiger partial charge in [0.1, 0.15) is 5.75 Å². The van der Waals surface area contributed by atoms with Crippen molar-refractivity contribution in [2.45, 2.75) is 40.7 Å². The molecule has 2 heteroatoms. The van der Waals surface area contributed by atoms with Gasteiger partial charge in [-0.15, -0.1) is 0 Å². The number of benzene rings is 1. The highest BCUT2D eigenvalue weighted by molar-refractivity contribution is 5.64. The minimum absolute atomic E-state index is 0.195.